The van der Waals surface area contributed by atoms with Crippen molar-refractivity contribution >= 4 is 24.2 Å². The van der Waals surface area contributed by atoms with Crippen molar-refractivity contribution in [3.05, 3.63) is 65.0 Å². The molecule has 3 N–H and O–H groups in total. The molecule has 9 heteroatoms. The zero-order valence-corrected chi connectivity index (χ0v) is 19.0. The van der Waals surface area contributed by atoms with Crippen molar-refractivity contribution in [2.45, 2.75) is 31.6 Å². The summed E-state index contributed by atoms with van der Waals surface area (Å²) in [4.78, 5) is 29.4. The Hall–Kier alpha value is -2.58. The number of hydrogen-bond donors (Lipinski definition) is 3. The molecule has 2 atom stereocenters. The quantitative estimate of drug-likeness (QED) is 0.584. The third-order valence-electron chi connectivity index (χ3n) is 5.71. The number of piperidine rings is 1. The summed E-state index contributed by atoms with van der Waals surface area (Å²) >= 11 is 0. The van der Waals surface area contributed by atoms with Gasteiger partial charge in [0.2, 0.25) is 0 Å². The summed E-state index contributed by atoms with van der Waals surface area (Å²) in [5.74, 6) is -4.49. The van der Waals surface area contributed by atoms with Crippen LogP contribution in [0.15, 0.2) is 42.5 Å². The van der Waals surface area contributed by atoms with Crippen LogP contribution in [0.3, 0.4) is 0 Å². The van der Waals surface area contributed by atoms with E-state index >= 15 is 0 Å². The Morgan fingerprint density at radius 2 is 1.94 bits per heavy atom. The second kappa shape index (κ2) is 11.3. The largest absolute Gasteiger partial charge is 0.354 e. The zero-order chi connectivity index (χ0) is 22.4. The Balaban J connectivity index is 0.00000363. The maximum atomic E-state index is 14.0. The van der Waals surface area contributed by atoms with Crippen molar-refractivity contribution in [1.82, 2.24) is 20.9 Å². The molecule has 1 aliphatic heterocycles. The van der Waals surface area contributed by atoms with Gasteiger partial charge in [0.05, 0.1) is 0 Å². The first kappa shape index (κ1) is 25.7. The summed E-state index contributed by atoms with van der Waals surface area (Å²) in [6, 6.07) is 12.7. The number of alkyl halides is 2. The van der Waals surface area contributed by atoms with E-state index in [0.29, 0.717) is 12.2 Å². The van der Waals surface area contributed by atoms with Gasteiger partial charge in [-0.05, 0) is 24.1 Å². The average molecular weight is 467 g/mol. The van der Waals surface area contributed by atoms with E-state index < -0.39 is 23.7 Å². The van der Waals surface area contributed by atoms with Gasteiger partial charge in [-0.25, -0.2) is 13.8 Å². The summed E-state index contributed by atoms with van der Waals surface area (Å²) in [7, 11) is 1.50. The molecule has 0 spiro atoms. The molecule has 2 aromatic rings. The maximum Gasteiger partial charge on any atom is 0.269 e. The van der Waals surface area contributed by atoms with Gasteiger partial charge >= 0.3 is 0 Å². The van der Waals surface area contributed by atoms with Crippen molar-refractivity contribution in [3.63, 3.8) is 0 Å². The van der Waals surface area contributed by atoms with Crippen LogP contribution in [0, 0.1) is 5.92 Å². The normalized spacial score (nSPS) is 18.2. The van der Waals surface area contributed by atoms with E-state index in [-0.39, 0.29) is 55.5 Å². The molecule has 2 amide bonds. The van der Waals surface area contributed by atoms with Gasteiger partial charge in [-0.15, -0.1) is 12.4 Å². The number of rotatable bonds is 7. The third kappa shape index (κ3) is 6.23. The Kier molecular flexibility index (Phi) is 9.09. The highest BCUT2D eigenvalue weighted by Crippen LogP contribution is 2.32. The molecule has 32 heavy (non-hydrogen) atoms. The van der Waals surface area contributed by atoms with Crippen molar-refractivity contribution in [2.24, 2.45) is 5.92 Å². The van der Waals surface area contributed by atoms with E-state index in [9.17, 15) is 18.4 Å². The standard InChI is InChI=1S/C23H28F2N4O2.ClH/c1-15(16-6-4-3-5-7-16)19-12-17(13-20(29-19)22(31)26-2)21(30)28-10-8-18-14-27-11-9-23(18,24)25;/h3-7,12-13,15,18,27H,8-11,14H2,1-2H3,(H,26,31)(H,28,30);1H/t15-,18+;/m0./s1. The number of halogens is 3. The van der Waals surface area contributed by atoms with Gasteiger partial charge in [0.15, 0.2) is 0 Å². The fraction of sp³-hybridized carbons (Fsp3) is 0.435. The lowest BCUT2D eigenvalue weighted by Crippen LogP contribution is -2.45. The van der Waals surface area contributed by atoms with E-state index in [4.69, 9.17) is 0 Å². The molecular formula is C23H29ClF2N4O2. The molecule has 0 aliphatic carbocycles. The number of carbonyl (C=O) groups excluding carboxylic acids is 2. The van der Waals surface area contributed by atoms with Crippen LogP contribution in [-0.4, -0.2) is 49.4 Å². The van der Waals surface area contributed by atoms with Gasteiger partial charge in [0.25, 0.3) is 17.7 Å². The first-order valence-corrected chi connectivity index (χ1v) is 10.5. The second-order valence-electron chi connectivity index (χ2n) is 7.83. The summed E-state index contributed by atoms with van der Waals surface area (Å²) in [6.07, 6.45) is -0.0153. The number of carbonyl (C=O) groups is 2. The minimum Gasteiger partial charge on any atom is -0.354 e. The minimum absolute atomic E-state index is 0. The van der Waals surface area contributed by atoms with Crippen molar-refractivity contribution in [2.75, 3.05) is 26.7 Å². The van der Waals surface area contributed by atoms with E-state index in [0.717, 1.165) is 5.56 Å². The van der Waals surface area contributed by atoms with Crippen LogP contribution in [0.5, 0.6) is 0 Å². The summed E-state index contributed by atoms with van der Waals surface area (Å²) in [5.41, 5.74) is 2.00. The van der Waals surface area contributed by atoms with Crippen molar-refractivity contribution < 1.29 is 18.4 Å². The number of aromatic nitrogens is 1. The van der Waals surface area contributed by atoms with E-state index in [1.807, 2.05) is 37.3 Å². The van der Waals surface area contributed by atoms with Gasteiger partial charge < -0.3 is 16.0 Å². The molecule has 1 fully saturated rings. The second-order valence-corrected chi connectivity index (χ2v) is 7.83. The van der Waals surface area contributed by atoms with E-state index in [1.165, 1.54) is 13.1 Å². The summed E-state index contributed by atoms with van der Waals surface area (Å²) < 4.78 is 28.0. The van der Waals surface area contributed by atoms with Crippen LogP contribution in [-0.2, 0) is 0 Å². The lowest BCUT2D eigenvalue weighted by atomic mass is 9.92. The SMILES string of the molecule is CNC(=O)c1cc(C(=O)NCC[C@@H]2CNCCC2(F)F)cc([C@@H](C)c2ccccc2)n1.Cl. The van der Waals surface area contributed by atoms with Crippen LogP contribution < -0.4 is 16.0 Å². The molecule has 3 rings (SSSR count). The van der Waals surface area contributed by atoms with Crippen LogP contribution >= 0.6 is 12.4 Å². The number of pyridine rings is 1. The molecule has 0 bridgehead atoms. The van der Waals surface area contributed by atoms with Crippen LogP contribution in [0.2, 0.25) is 0 Å². The van der Waals surface area contributed by atoms with Gasteiger partial charge in [-0.3, -0.25) is 9.59 Å². The van der Waals surface area contributed by atoms with Gasteiger partial charge in [-0.1, -0.05) is 37.3 Å². The van der Waals surface area contributed by atoms with Gasteiger partial charge in [-0.2, -0.15) is 0 Å². The highest BCUT2D eigenvalue weighted by molar-refractivity contribution is 5.98. The monoisotopic (exact) mass is 466 g/mol. The molecule has 1 saturated heterocycles. The molecule has 0 unspecified atom stereocenters. The summed E-state index contributed by atoms with van der Waals surface area (Å²) in [6.45, 7) is 2.61. The Labute approximate surface area is 193 Å². The lowest BCUT2D eigenvalue weighted by molar-refractivity contribution is -0.0801. The first-order valence-electron chi connectivity index (χ1n) is 10.5. The average Bonchev–Trinajstić information content (AvgIpc) is 2.79. The van der Waals surface area contributed by atoms with Crippen molar-refractivity contribution in [1.29, 1.82) is 0 Å². The fourth-order valence-corrected chi connectivity index (χ4v) is 3.72. The molecule has 174 valence electrons. The summed E-state index contributed by atoms with van der Waals surface area (Å²) in [5, 5.41) is 8.22. The Bertz CT molecular complexity index is 927. The number of hydrogen-bond acceptors (Lipinski definition) is 4. The zero-order valence-electron chi connectivity index (χ0n) is 18.2. The predicted octanol–water partition coefficient (Wildman–Crippen LogP) is 3.38. The van der Waals surface area contributed by atoms with Crippen LogP contribution in [0.25, 0.3) is 0 Å². The molecular weight excluding hydrogens is 438 g/mol. The third-order valence-corrected chi connectivity index (χ3v) is 5.71. The maximum absolute atomic E-state index is 14.0. The highest BCUT2D eigenvalue weighted by Gasteiger charge is 2.40. The number of benzene rings is 1. The molecule has 0 radical (unpaired) electrons. The topological polar surface area (TPSA) is 83.1 Å². The van der Waals surface area contributed by atoms with Gasteiger partial charge in [0, 0.05) is 56.2 Å². The lowest BCUT2D eigenvalue weighted by Gasteiger charge is -2.31. The number of nitrogens with zero attached hydrogens (tertiary/aromatic N) is 1. The van der Waals surface area contributed by atoms with E-state index in [1.54, 1.807) is 6.07 Å². The number of amides is 2. The molecule has 1 aromatic heterocycles. The number of nitrogens with one attached hydrogen (secondary N) is 3. The Morgan fingerprint density at radius 1 is 1.22 bits per heavy atom. The minimum atomic E-state index is -2.72. The fourth-order valence-electron chi connectivity index (χ4n) is 3.72. The molecule has 6 nitrogen and oxygen atoms in total. The van der Waals surface area contributed by atoms with E-state index in [2.05, 4.69) is 20.9 Å². The molecule has 2 heterocycles. The predicted molar refractivity (Wildman–Crippen MR) is 122 cm³/mol. The van der Waals surface area contributed by atoms with Gasteiger partial charge in [0.1, 0.15) is 5.69 Å². The Morgan fingerprint density at radius 3 is 2.59 bits per heavy atom. The van der Waals surface area contributed by atoms with Crippen LogP contribution in [0.4, 0.5) is 8.78 Å². The molecule has 1 aliphatic rings. The van der Waals surface area contributed by atoms with Crippen molar-refractivity contribution in [3.8, 4) is 0 Å². The molecule has 0 saturated carbocycles. The smallest absolute Gasteiger partial charge is 0.269 e. The highest BCUT2D eigenvalue weighted by atomic mass is 35.5. The molecule has 1 aromatic carbocycles. The first-order chi connectivity index (χ1) is 14.8. The van der Waals surface area contributed by atoms with Crippen LogP contribution in [0.1, 0.15) is 57.8 Å².